The minimum atomic E-state index is -0.430. The molecule has 1 aliphatic rings. The topological polar surface area (TPSA) is 26.7 Å². The van der Waals surface area contributed by atoms with Crippen LogP contribution in [0.4, 0.5) is 5.69 Å². The Morgan fingerprint density at radius 1 is 1.40 bits per heavy atom. The van der Waals surface area contributed by atoms with Crippen molar-refractivity contribution in [3.63, 3.8) is 0 Å². The van der Waals surface area contributed by atoms with Crippen molar-refractivity contribution in [2.45, 2.75) is 39.3 Å². The van der Waals surface area contributed by atoms with Crippen LogP contribution >= 0.6 is 15.9 Å². The number of hydrogen-bond acceptors (Lipinski definition) is 3. The summed E-state index contributed by atoms with van der Waals surface area (Å²) < 4.78 is 0.997. The van der Waals surface area contributed by atoms with Crippen molar-refractivity contribution in [1.29, 1.82) is 0 Å². The first-order valence-electron chi connectivity index (χ1n) is 7.53. The molecule has 1 aliphatic heterocycles. The lowest BCUT2D eigenvalue weighted by Gasteiger charge is -2.27. The Labute approximate surface area is 130 Å². The molecule has 0 aromatic heterocycles. The fourth-order valence-electron chi connectivity index (χ4n) is 3.07. The van der Waals surface area contributed by atoms with E-state index in [0.717, 1.165) is 36.2 Å². The highest BCUT2D eigenvalue weighted by atomic mass is 79.9. The third-order valence-corrected chi connectivity index (χ3v) is 4.98. The first kappa shape index (κ1) is 15.8. The molecule has 0 amide bonds. The van der Waals surface area contributed by atoms with Gasteiger partial charge in [0, 0.05) is 29.3 Å². The van der Waals surface area contributed by atoms with Gasteiger partial charge >= 0.3 is 0 Å². The van der Waals surface area contributed by atoms with Crippen molar-refractivity contribution in [3.05, 3.63) is 28.2 Å². The minimum absolute atomic E-state index is 0.430. The van der Waals surface area contributed by atoms with Crippen molar-refractivity contribution < 1.29 is 5.11 Å². The number of hydrogen-bond donors (Lipinski definition) is 1. The molecule has 112 valence electrons. The summed E-state index contributed by atoms with van der Waals surface area (Å²) >= 11 is 3.57. The first-order valence-corrected chi connectivity index (χ1v) is 8.32. The molecule has 1 saturated heterocycles. The summed E-state index contributed by atoms with van der Waals surface area (Å²) in [6.07, 6.45) is 0.803. The largest absolute Gasteiger partial charge is 0.389 e. The number of aliphatic hydroxyl groups is 1. The summed E-state index contributed by atoms with van der Waals surface area (Å²) in [4.78, 5) is 4.98. The van der Waals surface area contributed by atoms with Gasteiger partial charge in [-0.1, -0.05) is 35.8 Å². The van der Waals surface area contributed by atoms with Gasteiger partial charge in [0.05, 0.1) is 6.10 Å². The van der Waals surface area contributed by atoms with E-state index in [1.54, 1.807) is 6.92 Å². The van der Waals surface area contributed by atoms with Gasteiger partial charge < -0.3 is 10.0 Å². The number of rotatable bonds is 5. The van der Waals surface area contributed by atoms with Crippen LogP contribution in [0.15, 0.2) is 22.7 Å². The molecule has 20 heavy (non-hydrogen) atoms. The Kier molecular flexibility index (Phi) is 5.47. The van der Waals surface area contributed by atoms with E-state index in [2.05, 4.69) is 51.7 Å². The Hall–Kier alpha value is -0.580. The van der Waals surface area contributed by atoms with Gasteiger partial charge in [0.1, 0.15) is 0 Å². The summed E-state index contributed by atoms with van der Waals surface area (Å²) in [5.74, 6) is 0. The van der Waals surface area contributed by atoms with Crippen LogP contribution < -0.4 is 4.90 Å². The number of anilines is 1. The van der Waals surface area contributed by atoms with Crippen molar-refractivity contribution in [1.82, 2.24) is 4.90 Å². The van der Waals surface area contributed by atoms with Crippen LogP contribution in [0.25, 0.3) is 0 Å². The monoisotopic (exact) mass is 340 g/mol. The molecule has 3 nitrogen and oxygen atoms in total. The van der Waals surface area contributed by atoms with E-state index in [0.29, 0.717) is 6.04 Å². The van der Waals surface area contributed by atoms with E-state index in [1.165, 1.54) is 12.1 Å². The fraction of sp³-hybridized carbons (Fsp3) is 0.625. The fourth-order valence-corrected chi connectivity index (χ4v) is 3.76. The van der Waals surface area contributed by atoms with Gasteiger partial charge in [-0.05, 0) is 44.1 Å². The maximum atomic E-state index is 9.69. The van der Waals surface area contributed by atoms with Crippen LogP contribution in [-0.4, -0.2) is 42.2 Å². The summed E-state index contributed by atoms with van der Waals surface area (Å²) in [5.41, 5.74) is 2.20. The average Bonchev–Trinajstić information content (AvgIpc) is 2.89. The quantitative estimate of drug-likeness (QED) is 0.889. The highest BCUT2D eigenvalue weighted by Crippen LogP contribution is 2.30. The summed E-state index contributed by atoms with van der Waals surface area (Å²) in [6, 6.07) is 6.94. The second-order valence-electron chi connectivity index (χ2n) is 5.49. The molecule has 0 bridgehead atoms. The van der Waals surface area contributed by atoms with Crippen LogP contribution in [0.5, 0.6) is 0 Å². The van der Waals surface area contributed by atoms with E-state index in [4.69, 9.17) is 0 Å². The molecule has 1 heterocycles. The third-order valence-electron chi connectivity index (χ3n) is 4.29. The van der Waals surface area contributed by atoms with Crippen molar-refractivity contribution in [3.8, 4) is 0 Å². The molecule has 1 aromatic rings. The lowest BCUT2D eigenvalue weighted by Crippen LogP contribution is -2.37. The Bertz CT molecular complexity index is 446. The number of benzene rings is 1. The van der Waals surface area contributed by atoms with Gasteiger partial charge in [0.15, 0.2) is 0 Å². The van der Waals surface area contributed by atoms with Crippen LogP contribution in [0.1, 0.15) is 38.9 Å². The first-order chi connectivity index (χ1) is 9.56. The van der Waals surface area contributed by atoms with Gasteiger partial charge in [-0.3, -0.25) is 4.90 Å². The van der Waals surface area contributed by atoms with Crippen molar-refractivity contribution in [2.24, 2.45) is 0 Å². The number of nitrogens with zero attached hydrogens (tertiary/aromatic N) is 2. The van der Waals surface area contributed by atoms with Crippen LogP contribution in [0.2, 0.25) is 0 Å². The molecular weight excluding hydrogens is 316 g/mol. The zero-order chi connectivity index (χ0) is 14.7. The second-order valence-corrected chi connectivity index (χ2v) is 6.35. The number of halogens is 1. The van der Waals surface area contributed by atoms with Gasteiger partial charge in [0.2, 0.25) is 0 Å². The van der Waals surface area contributed by atoms with Gasteiger partial charge in [-0.25, -0.2) is 0 Å². The maximum Gasteiger partial charge on any atom is 0.0772 e. The van der Waals surface area contributed by atoms with Crippen molar-refractivity contribution in [2.75, 3.05) is 31.1 Å². The predicted molar refractivity (Wildman–Crippen MR) is 88.3 cm³/mol. The Morgan fingerprint density at radius 2 is 2.10 bits per heavy atom. The Morgan fingerprint density at radius 3 is 2.65 bits per heavy atom. The standard InChI is InChI=1S/C16H25BrN2O/c1-4-18(5-2)14-8-9-19(11-14)13-6-7-15(12(3)20)16(17)10-13/h6-7,10,12,14,20H,4-5,8-9,11H2,1-3H3. The molecule has 0 saturated carbocycles. The molecule has 4 heteroatoms. The summed E-state index contributed by atoms with van der Waals surface area (Å²) in [6.45, 7) is 10.7. The number of aliphatic hydroxyl groups excluding tert-OH is 1. The Balaban J connectivity index is 2.08. The van der Waals surface area contributed by atoms with E-state index < -0.39 is 6.10 Å². The lowest BCUT2D eigenvalue weighted by molar-refractivity contribution is 0.198. The molecule has 2 unspecified atom stereocenters. The van der Waals surface area contributed by atoms with Crippen LogP contribution in [0.3, 0.4) is 0 Å². The minimum Gasteiger partial charge on any atom is -0.389 e. The molecular formula is C16H25BrN2O. The zero-order valence-electron chi connectivity index (χ0n) is 12.6. The van der Waals surface area contributed by atoms with E-state index >= 15 is 0 Å². The molecule has 1 fully saturated rings. The average molecular weight is 341 g/mol. The highest BCUT2D eigenvalue weighted by Gasteiger charge is 2.26. The molecule has 0 spiro atoms. The second kappa shape index (κ2) is 6.92. The summed E-state index contributed by atoms with van der Waals surface area (Å²) in [7, 11) is 0. The van der Waals surface area contributed by atoms with Crippen LogP contribution in [0, 0.1) is 0 Å². The summed E-state index contributed by atoms with van der Waals surface area (Å²) in [5, 5.41) is 9.69. The normalized spacial score (nSPS) is 20.7. The molecule has 1 aromatic carbocycles. The van der Waals surface area contributed by atoms with Gasteiger partial charge in [-0.2, -0.15) is 0 Å². The molecule has 0 radical (unpaired) electrons. The number of likely N-dealkylation sites (N-methyl/N-ethyl adjacent to an activating group) is 1. The van der Waals surface area contributed by atoms with Crippen molar-refractivity contribution >= 4 is 21.6 Å². The molecule has 2 rings (SSSR count). The molecule has 1 N–H and O–H groups in total. The lowest BCUT2D eigenvalue weighted by atomic mass is 10.1. The SMILES string of the molecule is CCN(CC)C1CCN(c2ccc(C(C)O)c(Br)c2)C1. The van der Waals surface area contributed by atoms with E-state index in [9.17, 15) is 5.11 Å². The van der Waals surface area contributed by atoms with E-state index in [-0.39, 0.29) is 0 Å². The van der Waals surface area contributed by atoms with Gasteiger partial charge in [-0.15, -0.1) is 0 Å². The predicted octanol–water partition coefficient (Wildman–Crippen LogP) is 3.42. The molecule has 2 atom stereocenters. The van der Waals surface area contributed by atoms with E-state index in [1.807, 2.05) is 6.07 Å². The molecule has 0 aliphatic carbocycles. The smallest absolute Gasteiger partial charge is 0.0772 e. The maximum absolute atomic E-state index is 9.69. The zero-order valence-corrected chi connectivity index (χ0v) is 14.2. The third kappa shape index (κ3) is 3.35. The highest BCUT2D eigenvalue weighted by molar-refractivity contribution is 9.10. The van der Waals surface area contributed by atoms with Crippen LogP contribution in [-0.2, 0) is 0 Å². The van der Waals surface area contributed by atoms with Gasteiger partial charge in [0.25, 0.3) is 0 Å².